The third-order valence-corrected chi connectivity index (χ3v) is 6.43. The zero-order valence-electron chi connectivity index (χ0n) is 18.3. The second kappa shape index (κ2) is 8.93. The van der Waals surface area contributed by atoms with Crippen LogP contribution in [0.5, 0.6) is 0 Å². The maximum Gasteiger partial charge on any atom is 0.256 e. The lowest BCUT2D eigenvalue weighted by Gasteiger charge is -2.44. The molecule has 0 radical (unpaired) electrons. The number of benzene rings is 3. The largest absolute Gasteiger partial charge is 0.336 e. The molecule has 1 amide bonds. The maximum absolute atomic E-state index is 13.4. The Morgan fingerprint density at radius 1 is 0.844 bits per heavy atom. The van der Waals surface area contributed by atoms with Crippen LogP contribution in [0.25, 0.3) is 10.8 Å². The summed E-state index contributed by atoms with van der Waals surface area (Å²) < 4.78 is 0. The Balaban J connectivity index is 1.41. The Bertz CT molecular complexity index is 1160. The molecule has 5 rings (SSSR count). The maximum atomic E-state index is 13.4. The standard InChI is InChI=1S/C28H27N3O/c1-21-20-30(28(32)26-19-29-18-24-14-8-9-15-25(24)26)16-17-31(21)27(22-10-4-2-5-11-22)23-12-6-3-7-13-23/h2-15,18-19,21,27H,16-17,20H2,1H3/t21-/m0/s1. The average molecular weight is 422 g/mol. The molecule has 1 aliphatic heterocycles. The molecule has 1 aromatic heterocycles. The van der Waals surface area contributed by atoms with Crippen molar-refractivity contribution in [1.82, 2.24) is 14.8 Å². The van der Waals surface area contributed by atoms with Gasteiger partial charge in [0.05, 0.1) is 11.6 Å². The molecular weight excluding hydrogens is 394 g/mol. The van der Waals surface area contributed by atoms with E-state index in [0.29, 0.717) is 18.7 Å². The van der Waals surface area contributed by atoms with E-state index in [1.807, 2.05) is 35.4 Å². The second-order valence-corrected chi connectivity index (χ2v) is 8.47. The number of amides is 1. The first-order chi connectivity index (χ1) is 15.7. The zero-order valence-corrected chi connectivity index (χ0v) is 18.3. The van der Waals surface area contributed by atoms with Crippen LogP contribution in [0.3, 0.4) is 0 Å². The summed E-state index contributed by atoms with van der Waals surface area (Å²) in [6.07, 6.45) is 3.52. The highest BCUT2D eigenvalue weighted by Crippen LogP contribution is 2.32. The highest BCUT2D eigenvalue weighted by molar-refractivity contribution is 6.06. The number of hydrogen-bond acceptors (Lipinski definition) is 3. The Morgan fingerprint density at radius 3 is 2.12 bits per heavy atom. The average Bonchev–Trinajstić information content (AvgIpc) is 2.86. The van der Waals surface area contributed by atoms with Crippen molar-refractivity contribution < 1.29 is 4.79 Å². The van der Waals surface area contributed by atoms with Gasteiger partial charge < -0.3 is 4.90 Å². The summed E-state index contributed by atoms with van der Waals surface area (Å²) in [4.78, 5) is 22.3. The first-order valence-electron chi connectivity index (χ1n) is 11.2. The quantitative estimate of drug-likeness (QED) is 0.456. The van der Waals surface area contributed by atoms with Crippen molar-refractivity contribution >= 4 is 16.7 Å². The third-order valence-electron chi connectivity index (χ3n) is 6.43. The fourth-order valence-electron chi connectivity index (χ4n) is 4.84. The molecule has 0 bridgehead atoms. The first kappa shape index (κ1) is 20.4. The number of nitrogens with zero attached hydrogens (tertiary/aromatic N) is 3. The number of hydrogen-bond donors (Lipinski definition) is 0. The molecule has 0 spiro atoms. The number of piperazine rings is 1. The van der Waals surface area contributed by atoms with Gasteiger partial charge in [-0.15, -0.1) is 0 Å². The van der Waals surface area contributed by atoms with Crippen LogP contribution in [0.4, 0.5) is 0 Å². The van der Waals surface area contributed by atoms with Crippen LogP contribution in [0, 0.1) is 0 Å². The second-order valence-electron chi connectivity index (χ2n) is 8.47. The molecule has 1 atom stereocenters. The number of rotatable bonds is 4. The van der Waals surface area contributed by atoms with E-state index in [-0.39, 0.29) is 18.0 Å². The van der Waals surface area contributed by atoms with Gasteiger partial charge in [0.25, 0.3) is 5.91 Å². The minimum Gasteiger partial charge on any atom is -0.336 e. The Hall–Kier alpha value is -3.50. The van der Waals surface area contributed by atoms with Crippen molar-refractivity contribution in [3.05, 3.63) is 114 Å². The van der Waals surface area contributed by atoms with Gasteiger partial charge in [-0.3, -0.25) is 14.7 Å². The Kier molecular flexibility index (Phi) is 5.70. The van der Waals surface area contributed by atoms with E-state index in [4.69, 9.17) is 0 Å². The molecule has 0 aliphatic carbocycles. The van der Waals surface area contributed by atoms with E-state index in [0.717, 1.165) is 17.3 Å². The van der Waals surface area contributed by atoms with Gasteiger partial charge in [-0.2, -0.15) is 0 Å². The van der Waals surface area contributed by atoms with Crippen molar-refractivity contribution in [1.29, 1.82) is 0 Å². The SMILES string of the molecule is C[C@H]1CN(C(=O)c2cncc3ccccc23)CCN1C(c1ccccc1)c1ccccc1. The lowest BCUT2D eigenvalue weighted by atomic mass is 9.94. The Labute approximate surface area is 189 Å². The lowest BCUT2D eigenvalue weighted by Crippen LogP contribution is -2.54. The molecule has 4 aromatic rings. The number of pyridine rings is 1. The molecule has 0 unspecified atom stereocenters. The summed E-state index contributed by atoms with van der Waals surface area (Å²) in [6.45, 7) is 4.43. The van der Waals surface area contributed by atoms with E-state index in [1.165, 1.54) is 11.1 Å². The topological polar surface area (TPSA) is 36.4 Å². The number of fused-ring (bicyclic) bond motifs is 1. The van der Waals surface area contributed by atoms with E-state index in [1.54, 1.807) is 6.20 Å². The van der Waals surface area contributed by atoms with Crippen LogP contribution in [-0.4, -0.2) is 46.4 Å². The number of carbonyl (C=O) groups excluding carboxylic acids is 1. The summed E-state index contributed by atoms with van der Waals surface area (Å²) in [5.41, 5.74) is 3.25. The van der Waals surface area contributed by atoms with Crippen LogP contribution in [-0.2, 0) is 0 Å². The fraction of sp³-hybridized carbons (Fsp3) is 0.214. The first-order valence-corrected chi connectivity index (χ1v) is 11.2. The molecule has 4 nitrogen and oxygen atoms in total. The molecule has 1 aliphatic rings. The summed E-state index contributed by atoms with van der Waals surface area (Å²) in [5, 5.41) is 1.97. The van der Waals surface area contributed by atoms with Gasteiger partial charge in [0, 0.05) is 43.5 Å². The molecule has 2 heterocycles. The normalized spacial score (nSPS) is 17.1. The van der Waals surface area contributed by atoms with E-state index in [9.17, 15) is 4.79 Å². The van der Waals surface area contributed by atoms with E-state index < -0.39 is 0 Å². The molecule has 3 aromatic carbocycles. The van der Waals surface area contributed by atoms with Crippen LogP contribution in [0.1, 0.15) is 34.5 Å². The van der Waals surface area contributed by atoms with Crippen molar-refractivity contribution in [2.24, 2.45) is 0 Å². The molecule has 1 fully saturated rings. The van der Waals surface area contributed by atoms with Crippen molar-refractivity contribution in [2.45, 2.75) is 19.0 Å². The van der Waals surface area contributed by atoms with Gasteiger partial charge in [0.15, 0.2) is 0 Å². The van der Waals surface area contributed by atoms with Crippen molar-refractivity contribution in [3.63, 3.8) is 0 Å². The van der Waals surface area contributed by atoms with Crippen LogP contribution >= 0.6 is 0 Å². The van der Waals surface area contributed by atoms with Gasteiger partial charge in [-0.1, -0.05) is 84.9 Å². The predicted octanol–water partition coefficient (Wildman–Crippen LogP) is 5.17. The van der Waals surface area contributed by atoms with E-state index in [2.05, 4.69) is 77.5 Å². The highest BCUT2D eigenvalue weighted by atomic mass is 16.2. The molecule has 1 saturated heterocycles. The molecule has 160 valence electrons. The number of aromatic nitrogens is 1. The van der Waals surface area contributed by atoms with Gasteiger partial charge in [-0.25, -0.2) is 0 Å². The minimum atomic E-state index is 0.0665. The number of carbonyl (C=O) groups is 1. The van der Waals surface area contributed by atoms with Gasteiger partial charge in [0.1, 0.15) is 0 Å². The molecule has 0 N–H and O–H groups in total. The summed E-state index contributed by atoms with van der Waals surface area (Å²) in [7, 11) is 0. The molecule has 4 heteroatoms. The van der Waals surface area contributed by atoms with Crippen molar-refractivity contribution in [3.8, 4) is 0 Å². The molecule has 32 heavy (non-hydrogen) atoms. The Morgan fingerprint density at radius 2 is 1.47 bits per heavy atom. The summed E-state index contributed by atoms with van der Waals surface area (Å²) in [5.74, 6) is 0.0665. The van der Waals surface area contributed by atoms with Crippen molar-refractivity contribution in [2.75, 3.05) is 19.6 Å². The zero-order chi connectivity index (χ0) is 21.9. The highest BCUT2D eigenvalue weighted by Gasteiger charge is 2.33. The fourth-order valence-corrected chi connectivity index (χ4v) is 4.84. The third kappa shape index (κ3) is 3.90. The minimum absolute atomic E-state index is 0.0665. The van der Waals surface area contributed by atoms with Crippen LogP contribution in [0.15, 0.2) is 97.3 Å². The monoisotopic (exact) mass is 421 g/mol. The van der Waals surface area contributed by atoms with Crippen LogP contribution in [0.2, 0.25) is 0 Å². The van der Waals surface area contributed by atoms with Gasteiger partial charge in [-0.05, 0) is 23.4 Å². The lowest BCUT2D eigenvalue weighted by molar-refractivity contribution is 0.0430. The smallest absolute Gasteiger partial charge is 0.256 e. The predicted molar refractivity (Wildman–Crippen MR) is 129 cm³/mol. The van der Waals surface area contributed by atoms with E-state index >= 15 is 0 Å². The van der Waals surface area contributed by atoms with Gasteiger partial charge in [0.2, 0.25) is 0 Å². The van der Waals surface area contributed by atoms with Gasteiger partial charge >= 0.3 is 0 Å². The summed E-state index contributed by atoms with van der Waals surface area (Å²) in [6, 6.07) is 29.7. The van der Waals surface area contributed by atoms with Crippen LogP contribution < -0.4 is 0 Å². The molecular formula is C28H27N3O. The summed E-state index contributed by atoms with van der Waals surface area (Å²) >= 11 is 0. The molecule has 0 saturated carbocycles.